The smallest absolute Gasteiger partial charge is 0.128 e. The quantitative estimate of drug-likeness (QED) is 0.923. The molecular formula is C16H25N3S. The summed E-state index contributed by atoms with van der Waals surface area (Å²) in [6.45, 7) is 7.89. The summed E-state index contributed by atoms with van der Waals surface area (Å²) >= 11 is 2.08. The summed E-state index contributed by atoms with van der Waals surface area (Å²) < 4.78 is 0.406. The highest BCUT2D eigenvalue weighted by Crippen LogP contribution is 2.31. The lowest BCUT2D eigenvalue weighted by Crippen LogP contribution is -2.27. The number of anilines is 1. The van der Waals surface area contributed by atoms with Gasteiger partial charge in [0.25, 0.3) is 0 Å². The Kier molecular flexibility index (Phi) is 4.22. The molecule has 1 saturated carbocycles. The average molecular weight is 291 g/mol. The zero-order valence-electron chi connectivity index (χ0n) is 12.6. The molecule has 0 amide bonds. The van der Waals surface area contributed by atoms with Crippen LogP contribution in [0.15, 0.2) is 18.3 Å². The van der Waals surface area contributed by atoms with Crippen molar-refractivity contribution in [2.24, 2.45) is 0 Å². The van der Waals surface area contributed by atoms with Crippen LogP contribution in [0.4, 0.5) is 5.82 Å². The van der Waals surface area contributed by atoms with Crippen LogP contribution >= 0.6 is 11.8 Å². The van der Waals surface area contributed by atoms with E-state index < -0.39 is 0 Å². The third kappa shape index (κ3) is 3.89. The van der Waals surface area contributed by atoms with Crippen LogP contribution in [0.5, 0.6) is 0 Å². The molecule has 20 heavy (non-hydrogen) atoms. The van der Waals surface area contributed by atoms with Gasteiger partial charge in [-0.05, 0) is 30.9 Å². The molecule has 0 aromatic carbocycles. The van der Waals surface area contributed by atoms with E-state index in [9.17, 15) is 0 Å². The molecular weight excluding hydrogens is 266 g/mol. The van der Waals surface area contributed by atoms with E-state index in [1.807, 2.05) is 6.20 Å². The van der Waals surface area contributed by atoms with Gasteiger partial charge in [-0.2, -0.15) is 11.8 Å². The Bertz CT molecular complexity index is 440. The number of aromatic nitrogens is 1. The van der Waals surface area contributed by atoms with E-state index in [4.69, 9.17) is 0 Å². The predicted octanol–water partition coefficient (Wildman–Crippen LogP) is 3.06. The monoisotopic (exact) mass is 291 g/mol. The molecule has 3 rings (SSSR count). The van der Waals surface area contributed by atoms with Crippen LogP contribution in [0.2, 0.25) is 0 Å². The van der Waals surface area contributed by atoms with E-state index >= 15 is 0 Å². The Morgan fingerprint density at radius 3 is 2.90 bits per heavy atom. The van der Waals surface area contributed by atoms with Crippen molar-refractivity contribution in [1.29, 1.82) is 0 Å². The summed E-state index contributed by atoms with van der Waals surface area (Å²) in [6, 6.07) is 5.17. The zero-order valence-corrected chi connectivity index (χ0v) is 13.4. The van der Waals surface area contributed by atoms with Crippen LogP contribution < -0.4 is 10.2 Å². The maximum atomic E-state index is 4.67. The fourth-order valence-corrected chi connectivity index (χ4v) is 3.61. The van der Waals surface area contributed by atoms with Crippen LogP contribution in [-0.2, 0) is 6.54 Å². The number of pyridine rings is 1. The number of hydrogen-bond acceptors (Lipinski definition) is 4. The highest BCUT2D eigenvalue weighted by Gasteiger charge is 2.24. The lowest BCUT2D eigenvalue weighted by Gasteiger charge is -2.23. The molecule has 1 aliphatic heterocycles. The number of hydrogen-bond donors (Lipinski definition) is 1. The second-order valence-corrected chi connectivity index (χ2v) is 8.33. The Morgan fingerprint density at radius 2 is 2.20 bits per heavy atom. The van der Waals surface area contributed by atoms with Crippen LogP contribution in [0.25, 0.3) is 0 Å². The molecule has 2 heterocycles. The molecule has 110 valence electrons. The molecule has 1 aromatic heterocycles. The largest absolute Gasteiger partial charge is 0.356 e. The van der Waals surface area contributed by atoms with Gasteiger partial charge in [-0.25, -0.2) is 4.98 Å². The predicted molar refractivity (Wildman–Crippen MR) is 87.5 cm³/mol. The number of nitrogens with one attached hydrogen (secondary N) is 1. The van der Waals surface area contributed by atoms with Crippen LogP contribution in [0.3, 0.4) is 0 Å². The van der Waals surface area contributed by atoms with Gasteiger partial charge < -0.3 is 10.2 Å². The van der Waals surface area contributed by atoms with E-state index in [2.05, 4.69) is 52.9 Å². The van der Waals surface area contributed by atoms with Crippen LogP contribution in [0.1, 0.15) is 38.7 Å². The minimum atomic E-state index is 0.406. The molecule has 0 unspecified atom stereocenters. The first-order valence-electron chi connectivity index (χ1n) is 7.70. The fourth-order valence-electron chi connectivity index (χ4n) is 2.51. The molecule has 1 saturated heterocycles. The summed E-state index contributed by atoms with van der Waals surface area (Å²) in [5, 5.41) is 3.54. The van der Waals surface area contributed by atoms with Gasteiger partial charge in [0, 0.05) is 42.4 Å². The molecule has 1 N–H and O–H groups in total. The molecule has 0 radical (unpaired) electrons. The normalized spacial score (nSPS) is 22.6. The minimum absolute atomic E-state index is 0.406. The molecule has 0 bridgehead atoms. The first-order valence-corrected chi connectivity index (χ1v) is 8.68. The third-order valence-corrected chi connectivity index (χ3v) is 5.52. The van der Waals surface area contributed by atoms with Crippen molar-refractivity contribution in [3.63, 3.8) is 0 Å². The maximum Gasteiger partial charge on any atom is 0.128 e. The first-order chi connectivity index (χ1) is 9.62. The second kappa shape index (κ2) is 5.94. The third-order valence-electron chi connectivity index (χ3n) is 4.14. The molecule has 1 aromatic rings. The maximum absolute atomic E-state index is 4.67. The van der Waals surface area contributed by atoms with Gasteiger partial charge in [0.1, 0.15) is 5.82 Å². The van der Waals surface area contributed by atoms with Gasteiger partial charge in [-0.3, -0.25) is 0 Å². The van der Waals surface area contributed by atoms with Crippen molar-refractivity contribution in [1.82, 2.24) is 10.3 Å². The lowest BCUT2D eigenvalue weighted by molar-refractivity contribution is 0.634. The Morgan fingerprint density at radius 1 is 1.35 bits per heavy atom. The summed E-state index contributed by atoms with van der Waals surface area (Å²) in [5.41, 5.74) is 1.30. The van der Waals surface area contributed by atoms with Gasteiger partial charge in [-0.15, -0.1) is 0 Å². The highest BCUT2D eigenvalue weighted by atomic mass is 32.2. The summed E-state index contributed by atoms with van der Waals surface area (Å²) in [4.78, 5) is 7.10. The molecule has 2 fully saturated rings. The lowest BCUT2D eigenvalue weighted by atomic mass is 10.1. The van der Waals surface area contributed by atoms with Gasteiger partial charge in [0.2, 0.25) is 0 Å². The van der Waals surface area contributed by atoms with Gasteiger partial charge in [-0.1, -0.05) is 19.9 Å². The Balaban J connectivity index is 1.58. The van der Waals surface area contributed by atoms with E-state index in [1.54, 1.807) is 0 Å². The van der Waals surface area contributed by atoms with Gasteiger partial charge in [0.15, 0.2) is 0 Å². The molecule has 1 aliphatic carbocycles. The van der Waals surface area contributed by atoms with Gasteiger partial charge in [0.05, 0.1) is 0 Å². The fraction of sp³-hybridized carbons (Fsp3) is 0.688. The van der Waals surface area contributed by atoms with Crippen molar-refractivity contribution in [2.45, 2.75) is 50.4 Å². The first kappa shape index (κ1) is 14.2. The van der Waals surface area contributed by atoms with E-state index in [0.29, 0.717) is 4.75 Å². The molecule has 2 aliphatic rings. The topological polar surface area (TPSA) is 28.2 Å². The second-order valence-electron chi connectivity index (χ2n) is 6.53. The molecule has 3 nitrogen and oxygen atoms in total. The van der Waals surface area contributed by atoms with E-state index in [1.165, 1.54) is 30.6 Å². The molecule has 0 atom stereocenters. The van der Waals surface area contributed by atoms with Crippen molar-refractivity contribution in [3.8, 4) is 0 Å². The SMILES string of the molecule is CC1(C)CCN(c2ccc(CNC3CC3)cn2)CCS1. The zero-order chi connectivity index (χ0) is 14.0. The summed E-state index contributed by atoms with van der Waals surface area (Å²) in [5.74, 6) is 2.33. The Hall–Kier alpha value is -0.740. The van der Waals surface area contributed by atoms with Gasteiger partial charge >= 0.3 is 0 Å². The summed E-state index contributed by atoms with van der Waals surface area (Å²) in [6.07, 6.45) is 5.94. The van der Waals surface area contributed by atoms with Crippen molar-refractivity contribution < 1.29 is 0 Å². The van der Waals surface area contributed by atoms with Crippen molar-refractivity contribution in [2.75, 3.05) is 23.7 Å². The van der Waals surface area contributed by atoms with E-state index in [0.717, 1.165) is 31.5 Å². The molecule has 4 heteroatoms. The number of rotatable bonds is 4. The van der Waals surface area contributed by atoms with Crippen LogP contribution in [-0.4, -0.2) is 34.6 Å². The van der Waals surface area contributed by atoms with Crippen molar-refractivity contribution in [3.05, 3.63) is 23.9 Å². The minimum Gasteiger partial charge on any atom is -0.356 e. The standard InChI is InChI=1S/C16H25N3S/c1-16(2)7-8-19(9-10-20-16)15-6-3-13(12-18-15)11-17-14-4-5-14/h3,6,12,14,17H,4-5,7-11H2,1-2H3. The number of nitrogens with zero attached hydrogens (tertiary/aromatic N) is 2. The number of thioether (sulfide) groups is 1. The van der Waals surface area contributed by atoms with Crippen LogP contribution in [0, 0.1) is 0 Å². The Labute approximate surface area is 126 Å². The summed E-state index contributed by atoms with van der Waals surface area (Å²) in [7, 11) is 0. The van der Waals surface area contributed by atoms with Crippen molar-refractivity contribution >= 4 is 17.6 Å². The van der Waals surface area contributed by atoms with E-state index in [-0.39, 0.29) is 0 Å². The average Bonchev–Trinajstić information content (AvgIpc) is 3.25. The highest BCUT2D eigenvalue weighted by molar-refractivity contribution is 8.00. The molecule has 0 spiro atoms.